The Labute approximate surface area is 124 Å². The lowest BCUT2D eigenvalue weighted by molar-refractivity contribution is -0.122. The van der Waals surface area contributed by atoms with E-state index < -0.39 is 0 Å². The Kier molecular flexibility index (Phi) is 4.01. The number of carbonyl (C=O) groups is 1. The molecule has 2 atom stereocenters. The number of benzene rings is 1. The minimum atomic E-state index is -0.114. The summed E-state index contributed by atoms with van der Waals surface area (Å²) in [5.74, 6) is 0.801. The molecule has 110 valence electrons. The molecule has 2 heterocycles. The molecule has 0 aromatic heterocycles. The summed E-state index contributed by atoms with van der Waals surface area (Å²) >= 11 is 0. The van der Waals surface area contributed by atoms with Gasteiger partial charge in [0, 0.05) is 11.1 Å². The van der Waals surface area contributed by atoms with Gasteiger partial charge in [-0.2, -0.15) is 5.10 Å². The number of nitrogens with one attached hydrogen (secondary N) is 2. The summed E-state index contributed by atoms with van der Waals surface area (Å²) in [5, 5.41) is 7.19. The molecule has 5 nitrogen and oxygen atoms in total. The average Bonchev–Trinajstić information content (AvgIpc) is 3.02. The summed E-state index contributed by atoms with van der Waals surface area (Å²) in [4.78, 5) is 11.8. The van der Waals surface area contributed by atoms with E-state index in [-0.39, 0.29) is 18.1 Å². The topological polar surface area (TPSA) is 62.7 Å². The summed E-state index contributed by atoms with van der Waals surface area (Å²) in [6.45, 7) is 2.86. The largest absolute Gasteiger partial charge is 0.485 e. The number of carbonyl (C=O) groups excluding carboxylic acids is 1. The maximum absolute atomic E-state index is 11.8. The molecule has 2 aliphatic heterocycles. The highest BCUT2D eigenvalue weighted by molar-refractivity contribution is 5.90. The summed E-state index contributed by atoms with van der Waals surface area (Å²) in [6.07, 6.45) is 5.52. The molecule has 1 aromatic carbocycles. The molecule has 1 unspecified atom stereocenters. The van der Waals surface area contributed by atoms with Crippen LogP contribution in [0.4, 0.5) is 0 Å². The van der Waals surface area contributed by atoms with Crippen molar-refractivity contribution in [3.05, 3.63) is 35.4 Å². The number of para-hydroxylation sites is 1. The van der Waals surface area contributed by atoms with Crippen molar-refractivity contribution in [2.75, 3.05) is 6.54 Å². The molecule has 0 aliphatic carbocycles. The van der Waals surface area contributed by atoms with Crippen LogP contribution in [0.1, 0.15) is 25.3 Å². The van der Waals surface area contributed by atoms with Crippen molar-refractivity contribution in [2.24, 2.45) is 5.10 Å². The number of hydrazone groups is 1. The van der Waals surface area contributed by atoms with Gasteiger partial charge in [0.2, 0.25) is 0 Å². The number of hydrogen-bond acceptors (Lipinski definition) is 4. The van der Waals surface area contributed by atoms with Gasteiger partial charge in [-0.3, -0.25) is 4.79 Å². The minimum absolute atomic E-state index is 0.0749. The Morgan fingerprint density at radius 1 is 1.48 bits per heavy atom. The molecule has 5 heteroatoms. The van der Waals surface area contributed by atoms with E-state index in [9.17, 15) is 4.79 Å². The van der Waals surface area contributed by atoms with Gasteiger partial charge in [0.1, 0.15) is 11.9 Å². The van der Waals surface area contributed by atoms with Crippen molar-refractivity contribution in [2.45, 2.75) is 31.9 Å². The van der Waals surface area contributed by atoms with Gasteiger partial charge in [0.05, 0.1) is 12.3 Å². The third-order valence-electron chi connectivity index (χ3n) is 3.78. The standard InChI is InChI=1S/C16H19N3O2/c1-11-13(9-12-5-2-3-7-15(12)21-11)10-18-19-16(20)14-6-4-8-17-14/h2-3,5,7,9-11,14,17H,4,6,8H2,1H3,(H,19,20)/t11?,14-/m1/s1. The first kappa shape index (κ1) is 13.8. The zero-order valence-corrected chi connectivity index (χ0v) is 12.0. The molecule has 0 spiro atoms. The maximum Gasteiger partial charge on any atom is 0.257 e. The van der Waals surface area contributed by atoms with Crippen LogP contribution in [0.15, 0.2) is 34.9 Å². The van der Waals surface area contributed by atoms with E-state index in [1.807, 2.05) is 37.3 Å². The maximum atomic E-state index is 11.8. The van der Waals surface area contributed by atoms with Crippen molar-refractivity contribution in [3.8, 4) is 5.75 Å². The summed E-state index contributed by atoms with van der Waals surface area (Å²) in [7, 11) is 0. The predicted molar refractivity (Wildman–Crippen MR) is 82.2 cm³/mol. The van der Waals surface area contributed by atoms with Crippen LogP contribution >= 0.6 is 0 Å². The van der Waals surface area contributed by atoms with Gasteiger partial charge in [0.25, 0.3) is 5.91 Å². The van der Waals surface area contributed by atoms with Gasteiger partial charge in [-0.25, -0.2) is 5.43 Å². The Morgan fingerprint density at radius 2 is 2.33 bits per heavy atom. The van der Waals surface area contributed by atoms with Gasteiger partial charge in [-0.1, -0.05) is 18.2 Å². The molecule has 21 heavy (non-hydrogen) atoms. The van der Waals surface area contributed by atoms with Crippen molar-refractivity contribution in [1.29, 1.82) is 0 Å². The van der Waals surface area contributed by atoms with Crippen LogP contribution in [0.2, 0.25) is 0 Å². The van der Waals surface area contributed by atoms with Crippen LogP contribution in [0.25, 0.3) is 6.08 Å². The molecule has 1 fully saturated rings. The Hall–Kier alpha value is -2.14. The first-order valence-electron chi connectivity index (χ1n) is 7.27. The molecule has 3 rings (SSSR count). The van der Waals surface area contributed by atoms with Crippen molar-refractivity contribution in [1.82, 2.24) is 10.7 Å². The number of ether oxygens (including phenoxy) is 1. The summed E-state index contributed by atoms with van der Waals surface area (Å²) in [6, 6.07) is 7.75. The van der Waals surface area contributed by atoms with E-state index in [4.69, 9.17) is 4.74 Å². The Balaban J connectivity index is 1.65. The second-order valence-electron chi connectivity index (χ2n) is 5.33. The number of nitrogens with zero attached hydrogens (tertiary/aromatic N) is 1. The monoisotopic (exact) mass is 285 g/mol. The van der Waals surface area contributed by atoms with Crippen LogP contribution in [-0.2, 0) is 4.79 Å². The lowest BCUT2D eigenvalue weighted by Gasteiger charge is -2.22. The molecular formula is C16H19N3O2. The van der Waals surface area contributed by atoms with Crippen LogP contribution < -0.4 is 15.5 Å². The second-order valence-corrected chi connectivity index (χ2v) is 5.33. The average molecular weight is 285 g/mol. The molecule has 0 bridgehead atoms. The van der Waals surface area contributed by atoms with Crippen LogP contribution in [0.3, 0.4) is 0 Å². The normalized spacial score (nSPS) is 24.3. The van der Waals surface area contributed by atoms with Gasteiger partial charge in [-0.05, 0) is 38.5 Å². The van der Waals surface area contributed by atoms with E-state index in [1.165, 1.54) is 0 Å². The molecule has 0 radical (unpaired) electrons. The SMILES string of the molecule is CC1Oc2ccccc2C=C1C=NNC(=O)[C@H]1CCCN1. The van der Waals surface area contributed by atoms with E-state index in [0.29, 0.717) is 0 Å². The van der Waals surface area contributed by atoms with Crippen molar-refractivity contribution < 1.29 is 9.53 Å². The highest BCUT2D eigenvalue weighted by atomic mass is 16.5. The molecular weight excluding hydrogens is 266 g/mol. The number of amides is 1. The number of hydrogen-bond donors (Lipinski definition) is 2. The summed E-state index contributed by atoms with van der Waals surface area (Å²) < 4.78 is 5.82. The third kappa shape index (κ3) is 3.13. The van der Waals surface area contributed by atoms with Crippen LogP contribution in [0, 0.1) is 0 Å². The number of rotatable bonds is 3. The summed E-state index contributed by atoms with van der Waals surface area (Å²) in [5.41, 5.74) is 4.55. The van der Waals surface area contributed by atoms with E-state index >= 15 is 0 Å². The minimum Gasteiger partial charge on any atom is -0.485 e. The molecule has 0 saturated carbocycles. The van der Waals surface area contributed by atoms with Gasteiger partial charge in [-0.15, -0.1) is 0 Å². The Bertz CT molecular complexity index is 589. The van der Waals surface area contributed by atoms with E-state index in [1.54, 1.807) is 6.21 Å². The molecule has 1 aromatic rings. The molecule has 2 aliphatic rings. The lowest BCUT2D eigenvalue weighted by Crippen LogP contribution is -2.38. The molecule has 1 saturated heterocycles. The van der Waals surface area contributed by atoms with Gasteiger partial charge in [0.15, 0.2) is 0 Å². The zero-order chi connectivity index (χ0) is 14.7. The van der Waals surface area contributed by atoms with Crippen LogP contribution in [0.5, 0.6) is 5.75 Å². The van der Waals surface area contributed by atoms with E-state index in [2.05, 4.69) is 15.8 Å². The Morgan fingerprint density at radius 3 is 3.14 bits per heavy atom. The molecule has 1 amide bonds. The number of fused-ring (bicyclic) bond motifs is 1. The predicted octanol–water partition coefficient (Wildman–Crippen LogP) is 1.70. The molecule has 2 N–H and O–H groups in total. The fourth-order valence-corrected chi connectivity index (χ4v) is 2.56. The van der Waals surface area contributed by atoms with Crippen molar-refractivity contribution in [3.63, 3.8) is 0 Å². The smallest absolute Gasteiger partial charge is 0.257 e. The second kappa shape index (κ2) is 6.10. The highest BCUT2D eigenvalue weighted by Crippen LogP contribution is 2.28. The fraction of sp³-hybridized carbons (Fsp3) is 0.375. The first-order chi connectivity index (χ1) is 10.2. The van der Waals surface area contributed by atoms with Crippen LogP contribution in [-0.4, -0.2) is 30.8 Å². The highest BCUT2D eigenvalue weighted by Gasteiger charge is 2.21. The third-order valence-corrected chi connectivity index (χ3v) is 3.78. The fourth-order valence-electron chi connectivity index (χ4n) is 2.56. The zero-order valence-electron chi connectivity index (χ0n) is 12.0. The van der Waals surface area contributed by atoms with Crippen molar-refractivity contribution >= 4 is 18.2 Å². The lowest BCUT2D eigenvalue weighted by atomic mass is 10.0. The van der Waals surface area contributed by atoms with E-state index in [0.717, 1.165) is 36.3 Å². The quantitative estimate of drug-likeness (QED) is 0.656. The first-order valence-corrected chi connectivity index (χ1v) is 7.27. The van der Waals surface area contributed by atoms with Gasteiger partial charge < -0.3 is 10.1 Å². The van der Waals surface area contributed by atoms with Gasteiger partial charge >= 0.3 is 0 Å².